The summed E-state index contributed by atoms with van der Waals surface area (Å²) in [6.45, 7) is 3.07. The van der Waals surface area contributed by atoms with Gasteiger partial charge in [-0.1, -0.05) is 18.3 Å². The van der Waals surface area contributed by atoms with Crippen LogP contribution < -0.4 is 11.1 Å². The van der Waals surface area contributed by atoms with E-state index in [9.17, 15) is 0 Å². The number of rotatable bonds is 5. The zero-order valence-electron chi connectivity index (χ0n) is 10.2. The van der Waals surface area contributed by atoms with E-state index >= 15 is 0 Å². The van der Waals surface area contributed by atoms with Crippen LogP contribution in [-0.2, 0) is 0 Å². The second kappa shape index (κ2) is 4.86. The quantitative estimate of drug-likeness (QED) is 0.804. The Morgan fingerprint density at radius 3 is 2.76 bits per heavy atom. The predicted octanol–water partition coefficient (Wildman–Crippen LogP) is 2.94. The molecule has 0 aromatic heterocycles. The molecule has 1 fully saturated rings. The summed E-state index contributed by atoms with van der Waals surface area (Å²) in [5, 5.41) is 3.50. The smallest absolute Gasteiger partial charge is 0.106 e. The Bertz CT molecular complexity index is 439. The zero-order valence-corrected chi connectivity index (χ0v) is 11.9. The van der Waals surface area contributed by atoms with Gasteiger partial charge in [0.2, 0.25) is 0 Å². The molecule has 4 heteroatoms. The average molecular weight is 266 g/mol. The van der Waals surface area contributed by atoms with Crippen LogP contribution in [0.25, 0.3) is 0 Å². The molecule has 0 aliphatic heterocycles. The Kier molecular flexibility index (Phi) is 3.64. The maximum absolute atomic E-state index is 5.74. The molecule has 0 amide bonds. The number of benzene rings is 1. The third-order valence-corrected chi connectivity index (χ3v) is 4.92. The van der Waals surface area contributed by atoms with E-state index in [-0.39, 0.29) is 0 Å². The number of hydrogen-bond acceptors (Lipinski definition) is 3. The van der Waals surface area contributed by atoms with Crippen LogP contribution in [0.4, 0.5) is 5.69 Å². The third-order valence-electron chi connectivity index (χ3n) is 3.28. The van der Waals surface area contributed by atoms with Gasteiger partial charge in [0.25, 0.3) is 0 Å². The first-order chi connectivity index (χ1) is 8.06. The minimum Gasteiger partial charge on any atom is -0.389 e. The molecule has 1 aliphatic carbocycles. The van der Waals surface area contributed by atoms with Gasteiger partial charge in [-0.25, -0.2) is 0 Å². The third kappa shape index (κ3) is 2.93. The molecule has 0 heterocycles. The number of aryl methyl sites for hydroxylation is 1. The second-order valence-electron chi connectivity index (χ2n) is 4.65. The lowest BCUT2D eigenvalue weighted by Gasteiger charge is -2.17. The summed E-state index contributed by atoms with van der Waals surface area (Å²) in [5.74, 6) is 0. The largest absolute Gasteiger partial charge is 0.389 e. The molecule has 1 saturated carbocycles. The fraction of sp³-hybridized carbons (Fsp3) is 0.462. The van der Waals surface area contributed by atoms with Crippen molar-refractivity contribution in [1.82, 2.24) is 0 Å². The van der Waals surface area contributed by atoms with Crippen LogP contribution in [0.5, 0.6) is 0 Å². The molecule has 0 unspecified atom stereocenters. The highest BCUT2D eigenvalue weighted by molar-refractivity contribution is 8.00. The molecule has 1 aromatic rings. The van der Waals surface area contributed by atoms with E-state index in [0.29, 0.717) is 9.74 Å². The monoisotopic (exact) mass is 266 g/mol. The van der Waals surface area contributed by atoms with Gasteiger partial charge in [-0.05, 0) is 43.7 Å². The lowest BCUT2D eigenvalue weighted by molar-refractivity contribution is 0.948. The summed E-state index contributed by atoms with van der Waals surface area (Å²) >= 11 is 7.03. The van der Waals surface area contributed by atoms with Crippen LogP contribution in [0.2, 0.25) is 0 Å². The summed E-state index contributed by atoms with van der Waals surface area (Å²) in [6, 6.07) is 6.16. The Morgan fingerprint density at radius 1 is 1.53 bits per heavy atom. The van der Waals surface area contributed by atoms with Crippen molar-refractivity contribution in [1.29, 1.82) is 0 Å². The molecule has 0 atom stereocenters. The molecule has 0 radical (unpaired) electrons. The van der Waals surface area contributed by atoms with Gasteiger partial charge in [0.05, 0.1) is 0 Å². The summed E-state index contributed by atoms with van der Waals surface area (Å²) in [7, 11) is 0. The van der Waals surface area contributed by atoms with Crippen LogP contribution in [-0.4, -0.2) is 22.5 Å². The van der Waals surface area contributed by atoms with E-state index in [4.69, 9.17) is 18.0 Å². The standard InChI is InChI=1S/C13H18N2S2/c1-9-3-4-10(12(14)16)11(7-9)15-8-13(17-2)5-6-13/h3-4,7,15H,5-6,8H2,1-2H3,(H2,14,16). The minimum absolute atomic E-state index is 0.442. The lowest BCUT2D eigenvalue weighted by Crippen LogP contribution is -2.20. The topological polar surface area (TPSA) is 38.0 Å². The van der Waals surface area contributed by atoms with Gasteiger partial charge >= 0.3 is 0 Å². The average Bonchev–Trinajstić information content (AvgIpc) is 3.07. The van der Waals surface area contributed by atoms with Crippen molar-refractivity contribution in [2.75, 3.05) is 18.1 Å². The van der Waals surface area contributed by atoms with Gasteiger partial charge in [-0.2, -0.15) is 11.8 Å². The van der Waals surface area contributed by atoms with Crippen molar-refractivity contribution in [3.05, 3.63) is 29.3 Å². The number of thiocarbonyl (C=S) groups is 1. The Morgan fingerprint density at radius 2 is 2.24 bits per heavy atom. The van der Waals surface area contributed by atoms with E-state index in [1.165, 1.54) is 18.4 Å². The first kappa shape index (κ1) is 12.7. The molecular weight excluding hydrogens is 248 g/mol. The second-order valence-corrected chi connectivity index (χ2v) is 6.37. The molecule has 1 aromatic carbocycles. The van der Waals surface area contributed by atoms with Crippen molar-refractivity contribution < 1.29 is 0 Å². The molecule has 2 rings (SSSR count). The zero-order chi connectivity index (χ0) is 12.5. The number of nitrogens with one attached hydrogen (secondary N) is 1. The van der Waals surface area contributed by atoms with Gasteiger partial charge in [-0.3, -0.25) is 0 Å². The predicted molar refractivity (Wildman–Crippen MR) is 81.0 cm³/mol. The van der Waals surface area contributed by atoms with E-state index < -0.39 is 0 Å². The number of thioether (sulfide) groups is 1. The van der Waals surface area contributed by atoms with Crippen molar-refractivity contribution in [2.45, 2.75) is 24.5 Å². The number of anilines is 1. The highest BCUT2D eigenvalue weighted by Gasteiger charge is 2.41. The lowest BCUT2D eigenvalue weighted by atomic mass is 10.1. The van der Waals surface area contributed by atoms with E-state index in [2.05, 4.69) is 24.6 Å². The molecule has 2 nitrogen and oxygen atoms in total. The highest BCUT2D eigenvalue weighted by atomic mass is 32.2. The van der Waals surface area contributed by atoms with E-state index in [0.717, 1.165) is 17.8 Å². The van der Waals surface area contributed by atoms with Crippen LogP contribution in [0.3, 0.4) is 0 Å². The first-order valence-electron chi connectivity index (χ1n) is 5.76. The van der Waals surface area contributed by atoms with Crippen LogP contribution >= 0.6 is 24.0 Å². The molecule has 0 spiro atoms. The van der Waals surface area contributed by atoms with Gasteiger partial charge < -0.3 is 11.1 Å². The van der Waals surface area contributed by atoms with Gasteiger partial charge in [0.15, 0.2) is 0 Å². The van der Waals surface area contributed by atoms with Crippen molar-refractivity contribution in [3.63, 3.8) is 0 Å². The maximum Gasteiger partial charge on any atom is 0.106 e. The van der Waals surface area contributed by atoms with Crippen molar-refractivity contribution in [3.8, 4) is 0 Å². The van der Waals surface area contributed by atoms with E-state index in [1.807, 2.05) is 23.9 Å². The molecule has 92 valence electrons. The summed E-state index contributed by atoms with van der Waals surface area (Å²) in [4.78, 5) is 0.460. The van der Waals surface area contributed by atoms with Crippen molar-refractivity contribution >= 4 is 34.7 Å². The Labute approximate surface area is 112 Å². The fourth-order valence-corrected chi connectivity index (χ4v) is 2.77. The number of nitrogens with two attached hydrogens (primary N) is 1. The van der Waals surface area contributed by atoms with E-state index in [1.54, 1.807) is 0 Å². The minimum atomic E-state index is 0.442. The van der Waals surface area contributed by atoms with Crippen molar-refractivity contribution in [2.24, 2.45) is 5.73 Å². The number of hydrogen-bond donors (Lipinski definition) is 2. The highest BCUT2D eigenvalue weighted by Crippen LogP contribution is 2.47. The molecule has 3 N–H and O–H groups in total. The molecule has 1 aliphatic rings. The summed E-state index contributed by atoms with van der Waals surface area (Å²) in [5.41, 5.74) is 8.98. The normalized spacial score (nSPS) is 16.6. The van der Waals surface area contributed by atoms with Gasteiger partial charge in [-0.15, -0.1) is 0 Å². The van der Waals surface area contributed by atoms with Crippen LogP contribution in [0.1, 0.15) is 24.0 Å². The summed E-state index contributed by atoms with van der Waals surface area (Å²) < 4.78 is 0.442. The van der Waals surface area contributed by atoms with Gasteiger partial charge in [0, 0.05) is 22.5 Å². The Balaban J connectivity index is 2.13. The van der Waals surface area contributed by atoms with Crippen LogP contribution in [0, 0.1) is 6.92 Å². The van der Waals surface area contributed by atoms with Crippen LogP contribution in [0.15, 0.2) is 18.2 Å². The summed E-state index contributed by atoms with van der Waals surface area (Å²) in [6.07, 6.45) is 4.78. The first-order valence-corrected chi connectivity index (χ1v) is 7.39. The molecular formula is C13H18N2S2. The van der Waals surface area contributed by atoms with Gasteiger partial charge in [0.1, 0.15) is 4.99 Å². The molecule has 17 heavy (non-hydrogen) atoms. The molecule has 0 bridgehead atoms. The fourth-order valence-electron chi connectivity index (χ4n) is 1.87. The maximum atomic E-state index is 5.74. The SMILES string of the molecule is CSC1(CNc2cc(C)ccc2C(N)=S)CC1. The Hall–Kier alpha value is -0.740. The molecule has 0 saturated heterocycles.